The summed E-state index contributed by atoms with van der Waals surface area (Å²) in [7, 11) is 0. The molecule has 0 radical (unpaired) electrons. The maximum Gasteiger partial charge on any atom is 0.252 e. The number of nitrogens with one attached hydrogen (secondary N) is 1. The predicted molar refractivity (Wildman–Crippen MR) is 81.3 cm³/mol. The number of carbonyl (C=O) groups is 1. The normalized spacial score (nSPS) is 14.5. The minimum absolute atomic E-state index is 0.0186. The highest BCUT2D eigenvalue weighted by atomic mass is 19.1. The topological polar surface area (TPSA) is 88.2 Å². The zero-order valence-corrected chi connectivity index (χ0v) is 13.1. The van der Waals surface area contributed by atoms with E-state index in [0.29, 0.717) is 12.1 Å². The van der Waals surface area contributed by atoms with E-state index in [0.717, 1.165) is 0 Å². The molecule has 0 saturated heterocycles. The van der Waals surface area contributed by atoms with Gasteiger partial charge in [0.05, 0.1) is 22.5 Å². The molecule has 0 aliphatic heterocycles. The van der Waals surface area contributed by atoms with Crippen LogP contribution in [0.5, 0.6) is 0 Å². The second-order valence-electron chi connectivity index (χ2n) is 5.76. The molecular formula is C15H23F2N3O2. The van der Waals surface area contributed by atoms with Gasteiger partial charge in [0.1, 0.15) is 12.3 Å². The van der Waals surface area contributed by atoms with Crippen molar-refractivity contribution in [3.63, 3.8) is 0 Å². The summed E-state index contributed by atoms with van der Waals surface area (Å²) in [6, 6.07) is 1.49. The Hall–Kier alpha value is -1.76. The van der Waals surface area contributed by atoms with E-state index in [1.54, 1.807) is 6.92 Å². The van der Waals surface area contributed by atoms with Gasteiger partial charge in [0.2, 0.25) is 0 Å². The molecule has 0 bridgehead atoms. The number of aromatic nitrogens is 1. The number of amides is 1. The van der Waals surface area contributed by atoms with Gasteiger partial charge in [0, 0.05) is 19.2 Å². The Morgan fingerprint density at radius 2 is 2.14 bits per heavy atom. The molecule has 0 aliphatic rings. The van der Waals surface area contributed by atoms with E-state index in [9.17, 15) is 18.7 Å². The van der Waals surface area contributed by atoms with Crippen LogP contribution in [0.2, 0.25) is 0 Å². The van der Waals surface area contributed by atoms with Crippen molar-refractivity contribution in [2.45, 2.75) is 51.6 Å². The largest absolute Gasteiger partial charge is 0.387 e. The lowest BCUT2D eigenvalue weighted by Gasteiger charge is -2.23. The van der Waals surface area contributed by atoms with Gasteiger partial charge < -0.3 is 16.2 Å². The maximum absolute atomic E-state index is 14.0. The van der Waals surface area contributed by atoms with Crippen molar-refractivity contribution in [2.24, 2.45) is 5.73 Å². The van der Waals surface area contributed by atoms with Crippen LogP contribution in [0.1, 0.15) is 43.2 Å². The SMILES string of the molecule is CC[C@H](F)CNc1ccnc(C[C@@H](F)C(C)(C)O)c1C(N)=O. The molecule has 1 amide bonds. The highest BCUT2D eigenvalue weighted by molar-refractivity contribution is 5.99. The Morgan fingerprint density at radius 3 is 2.64 bits per heavy atom. The Balaban J connectivity index is 3.05. The van der Waals surface area contributed by atoms with Gasteiger partial charge in [-0.1, -0.05) is 6.92 Å². The third-order valence-corrected chi connectivity index (χ3v) is 3.37. The molecule has 0 saturated carbocycles. The van der Waals surface area contributed by atoms with Crippen LogP contribution in [-0.2, 0) is 6.42 Å². The molecule has 2 atom stereocenters. The molecule has 4 N–H and O–H groups in total. The number of carbonyl (C=O) groups excluding carboxylic acids is 1. The number of primary amides is 1. The van der Waals surface area contributed by atoms with E-state index >= 15 is 0 Å². The molecule has 22 heavy (non-hydrogen) atoms. The van der Waals surface area contributed by atoms with Crippen LogP contribution in [0.15, 0.2) is 12.3 Å². The van der Waals surface area contributed by atoms with Crippen molar-refractivity contribution in [3.05, 3.63) is 23.5 Å². The van der Waals surface area contributed by atoms with Gasteiger partial charge >= 0.3 is 0 Å². The Morgan fingerprint density at radius 1 is 1.50 bits per heavy atom. The van der Waals surface area contributed by atoms with Crippen molar-refractivity contribution >= 4 is 11.6 Å². The summed E-state index contributed by atoms with van der Waals surface area (Å²) >= 11 is 0. The maximum atomic E-state index is 14.0. The van der Waals surface area contributed by atoms with Gasteiger partial charge in [0.25, 0.3) is 5.91 Å². The Labute approximate surface area is 128 Å². The summed E-state index contributed by atoms with van der Waals surface area (Å²) in [4.78, 5) is 15.6. The minimum atomic E-state index is -1.61. The van der Waals surface area contributed by atoms with Crippen LogP contribution in [0.3, 0.4) is 0 Å². The number of nitrogens with zero attached hydrogens (tertiary/aromatic N) is 1. The zero-order chi connectivity index (χ0) is 16.9. The third-order valence-electron chi connectivity index (χ3n) is 3.37. The Kier molecular flexibility index (Phi) is 6.22. The lowest BCUT2D eigenvalue weighted by molar-refractivity contribution is -0.00307. The molecule has 5 nitrogen and oxygen atoms in total. The number of aliphatic hydroxyl groups is 1. The third kappa shape index (κ3) is 4.91. The first-order valence-electron chi connectivity index (χ1n) is 7.18. The minimum Gasteiger partial charge on any atom is -0.387 e. The van der Waals surface area contributed by atoms with Crippen LogP contribution in [0.25, 0.3) is 0 Å². The molecule has 1 rings (SSSR count). The van der Waals surface area contributed by atoms with Crippen LogP contribution < -0.4 is 11.1 Å². The first kappa shape index (κ1) is 18.3. The summed E-state index contributed by atoms with van der Waals surface area (Å²) in [5.74, 6) is -0.777. The number of alkyl halides is 2. The molecule has 124 valence electrons. The van der Waals surface area contributed by atoms with Gasteiger partial charge in [-0.3, -0.25) is 9.78 Å². The molecule has 0 fully saturated rings. The van der Waals surface area contributed by atoms with E-state index in [-0.39, 0.29) is 24.2 Å². The monoisotopic (exact) mass is 315 g/mol. The average molecular weight is 315 g/mol. The molecule has 1 aromatic rings. The number of pyridine rings is 1. The second kappa shape index (κ2) is 7.49. The second-order valence-corrected chi connectivity index (χ2v) is 5.76. The van der Waals surface area contributed by atoms with E-state index < -0.39 is 23.9 Å². The van der Waals surface area contributed by atoms with E-state index in [2.05, 4.69) is 10.3 Å². The van der Waals surface area contributed by atoms with Crippen molar-refractivity contribution < 1.29 is 18.7 Å². The van der Waals surface area contributed by atoms with E-state index in [4.69, 9.17) is 5.73 Å². The van der Waals surface area contributed by atoms with Crippen molar-refractivity contribution in [1.82, 2.24) is 4.98 Å². The Bertz CT molecular complexity index is 518. The van der Waals surface area contributed by atoms with Gasteiger partial charge in [-0.2, -0.15) is 0 Å². The summed E-state index contributed by atoms with van der Waals surface area (Å²) in [5, 5.41) is 12.5. The van der Waals surface area contributed by atoms with Crippen LogP contribution in [0.4, 0.5) is 14.5 Å². The fourth-order valence-corrected chi connectivity index (χ4v) is 1.87. The van der Waals surface area contributed by atoms with E-state index in [1.807, 2.05) is 0 Å². The fourth-order valence-electron chi connectivity index (χ4n) is 1.87. The predicted octanol–water partition coefficient (Wildman–Crippen LogP) is 1.99. The average Bonchev–Trinajstić information content (AvgIpc) is 2.43. The molecule has 0 spiro atoms. The molecular weight excluding hydrogens is 292 g/mol. The summed E-state index contributed by atoms with van der Waals surface area (Å²) in [6.07, 6.45) is -1.22. The number of halogens is 2. The highest BCUT2D eigenvalue weighted by Crippen LogP contribution is 2.23. The molecule has 0 aromatic carbocycles. The lowest BCUT2D eigenvalue weighted by Crippen LogP contribution is -2.35. The summed E-state index contributed by atoms with van der Waals surface area (Å²) in [5.41, 5.74) is 4.26. The summed E-state index contributed by atoms with van der Waals surface area (Å²) < 4.78 is 27.3. The number of rotatable bonds is 8. The van der Waals surface area contributed by atoms with Crippen LogP contribution in [-0.4, -0.2) is 40.5 Å². The molecule has 0 unspecified atom stereocenters. The van der Waals surface area contributed by atoms with Crippen LogP contribution >= 0.6 is 0 Å². The molecule has 0 aliphatic carbocycles. The molecule has 1 aromatic heterocycles. The van der Waals surface area contributed by atoms with Crippen LogP contribution in [0, 0.1) is 0 Å². The van der Waals surface area contributed by atoms with Crippen molar-refractivity contribution in [1.29, 1.82) is 0 Å². The molecule has 1 heterocycles. The van der Waals surface area contributed by atoms with Gasteiger partial charge in [-0.15, -0.1) is 0 Å². The number of hydrogen-bond acceptors (Lipinski definition) is 4. The van der Waals surface area contributed by atoms with Crippen molar-refractivity contribution in [3.8, 4) is 0 Å². The first-order chi connectivity index (χ1) is 10.2. The quantitative estimate of drug-likeness (QED) is 0.684. The first-order valence-corrected chi connectivity index (χ1v) is 7.18. The summed E-state index contributed by atoms with van der Waals surface area (Å²) in [6.45, 7) is 4.39. The smallest absolute Gasteiger partial charge is 0.252 e. The highest BCUT2D eigenvalue weighted by Gasteiger charge is 2.29. The van der Waals surface area contributed by atoms with Crippen molar-refractivity contribution in [2.75, 3.05) is 11.9 Å². The number of nitrogens with two attached hydrogens (primary N) is 1. The van der Waals surface area contributed by atoms with Gasteiger partial charge in [-0.05, 0) is 26.3 Å². The lowest BCUT2D eigenvalue weighted by atomic mass is 9.96. The van der Waals surface area contributed by atoms with E-state index in [1.165, 1.54) is 26.1 Å². The zero-order valence-electron chi connectivity index (χ0n) is 13.1. The standard InChI is InChI=1S/C15H23F2N3O2/c1-4-9(16)8-20-10-5-6-19-11(13(10)14(18)21)7-12(17)15(2,3)22/h5-6,9,12,22H,4,7-8H2,1-3H3,(H2,18,21)(H,19,20)/t9-,12+/m0/s1. The van der Waals surface area contributed by atoms with Gasteiger partial charge in [0.15, 0.2) is 0 Å². The number of hydrogen-bond donors (Lipinski definition) is 3. The van der Waals surface area contributed by atoms with Gasteiger partial charge in [-0.25, -0.2) is 8.78 Å². The molecule has 7 heteroatoms. The number of anilines is 1. The fraction of sp³-hybridized carbons (Fsp3) is 0.600.